The molecule has 2 unspecified atom stereocenters. The molecule has 0 radical (unpaired) electrons. The van der Waals surface area contributed by atoms with Crippen LogP contribution in [0.4, 0.5) is 13.2 Å². The number of likely N-dealkylation sites (tertiary alicyclic amines) is 1. The molecule has 1 aromatic heterocycles. The van der Waals surface area contributed by atoms with Gasteiger partial charge in [0.25, 0.3) is 5.91 Å². The molecule has 1 aromatic rings. The zero-order valence-corrected chi connectivity index (χ0v) is 12.9. The number of amides is 1. The molecule has 1 amide bonds. The van der Waals surface area contributed by atoms with Gasteiger partial charge in [0.05, 0.1) is 6.04 Å². The molecule has 2 atom stereocenters. The zero-order valence-electron chi connectivity index (χ0n) is 12.9. The molecular formula is C15H20F3N3O2. The van der Waals surface area contributed by atoms with E-state index in [0.29, 0.717) is 32.5 Å². The maximum absolute atomic E-state index is 12.6. The van der Waals surface area contributed by atoms with Crippen LogP contribution in [-0.4, -0.2) is 46.4 Å². The number of ether oxygens (including phenoxy) is 1. The lowest BCUT2D eigenvalue weighted by Gasteiger charge is -2.34. The molecule has 5 nitrogen and oxygen atoms in total. The molecular weight excluding hydrogens is 311 g/mol. The smallest absolute Gasteiger partial charge is 0.368 e. The highest BCUT2D eigenvalue weighted by molar-refractivity contribution is 5.81. The number of halogens is 3. The largest absolute Gasteiger partial charge is 0.435 e. The van der Waals surface area contributed by atoms with Crippen LogP contribution in [0.15, 0.2) is 12.3 Å². The van der Waals surface area contributed by atoms with Crippen molar-refractivity contribution in [2.75, 3.05) is 19.7 Å². The third-order valence-electron chi connectivity index (χ3n) is 4.68. The second-order valence-corrected chi connectivity index (χ2v) is 6.29. The van der Waals surface area contributed by atoms with Crippen molar-refractivity contribution in [3.05, 3.63) is 18.0 Å². The first-order chi connectivity index (χ1) is 10.9. The van der Waals surface area contributed by atoms with Crippen molar-refractivity contribution in [2.45, 2.75) is 44.5 Å². The molecule has 0 aromatic carbocycles. The number of aromatic nitrogens is 2. The fraction of sp³-hybridized carbons (Fsp3) is 0.733. The topological polar surface area (TPSA) is 47.4 Å². The highest BCUT2D eigenvalue weighted by Gasteiger charge is 2.37. The van der Waals surface area contributed by atoms with E-state index in [1.807, 2.05) is 6.92 Å². The standard InChI is InChI=1S/C15H20F3N3O2/c1-10-5-9-23-13(10)14(22)20-6-2-11(3-7-20)21-8-4-12(19-21)15(16,17)18/h4,8,10-11,13H,2-3,5-7,9H2,1H3. The Morgan fingerprint density at radius 1 is 1.30 bits per heavy atom. The molecule has 2 aliphatic rings. The predicted molar refractivity (Wildman–Crippen MR) is 75.6 cm³/mol. The maximum atomic E-state index is 12.6. The Bertz CT molecular complexity index is 565. The van der Waals surface area contributed by atoms with Gasteiger partial charge in [-0.3, -0.25) is 9.48 Å². The van der Waals surface area contributed by atoms with Gasteiger partial charge in [-0.25, -0.2) is 0 Å². The Balaban J connectivity index is 1.58. The summed E-state index contributed by atoms with van der Waals surface area (Å²) in [5, 5.41) is 3.63. The van der Waals surface area contributed by atoms with E-state index in [9.17, 15) is 18.0 Å². The highest BCUT2D eigenvalue weighted by atomic mass is 19.4. The molecule has 0 N–H and O–H groups in total. The fourth-order valence-corrected chi connectivity index (χ4v) is 3.23. The summed E-state index contributed by atoms with van der Waals surface area (Å²) in [7, 11) is 0. The van der Waals surface area contributed by atoms with Crippen LogP contribution in [0.1, 0.15) is 37.9 Å². The van der Waals surface area contributed by atoms with Crippen molar-refractivity contribution < 1.29 is 22.7 Å². The lowest BCUT2D eigenvalue weighted by Crippen LogP contribution is -2.45. The van der Waals surface area contributed by atoms with Crippen LogP contribution in [0.5, 0.6) is 0 Å². The summed E-state index contributed by atoms with van der Waals surface area (Å²) in [5.41, 5.74) is -0.871. The molecule has 128 valence electrons. The molecule has 3 rings (SSSR count). The summed E-state index contributed by atoms with van der Waals surface area (Å²) in [6.07, 6.45) is -1.32. The van der Waals surface area contributed by atoms with Crippen molar-refractivity contribution >= 4 is 5.91 Å². The van der Waals surface area contributed by atoms with E-state index in [1.54, 1.807) is 4.90 Å². The first kappa shape index (κ1) is 16.3. The number of nitrogens with zero attached hydrogens (tertiary/aromatic N) is 3. The van der Waals surface area contributed by atoms with Crippen molar-refractivity contribution in [1.29, 1.82) is 0 Å². The van der Waals surface area contributed by atoms with Gasteiger partial charge in [-0.15, -0.1) is 0 Å². The van der Waals surface area contributed by atoms with Gasteiger partial charge in [-0.1, -0.05) is 6.92 Å². The number of piperidine rings is 1. The second kappa shape index (κ2) is 6.14. The minimum absolute atomic E-state index is 0.00453. The van der Waals surface area contributed by atoms with Gasteiger partial charge in [0.15, 0.2) is 5.69 Å². The predicted octanol–water partition coefficient (Wildman–Crippen LogP) is 2.49. The van der Waals surface area contributed by atoms with E-state index < -0.39 is 11.9 Å². The number of hydrogen-bond acceptors (Lipinski definition) is 3. The summed E-state index contributed by atoms with van der Waals surface area (Å²) < 4.78 is 44.7. The van der Waals surface area contributed by atoms with Crippen molar-refractivity contribution in [1.82, 2.24) is 14.7 Å². The lowest BCUT2D eigenvalue weighted by molar-refractivity contribution is -0.143. The van der Waals surface area contributed by atoms with Crippen LogP contribution in [0.25, 0.3) is 0 Å². The summed E-state index contributed by atoms with van der Waals surface area (Å²) in [4.78, 5) is 14.2. The van der Waals surface area contributed by atoms with E-state index in [1.165, 1.54) is 10.9 Å². The molecule has 3 heterocycles. The van der Waals surface area contributed by atoms with Crippen LogP contribution >= 0.6 is 0 Å². The maximum Gasteiger partial charge on any atom is 0.435 e. The van der Waals surface area contributed by atoms with E-state index >= 15 is 0 Å². The van der Waals surface area contributed by atoms with Crippen LogP contribution in [0, 0.1) is 5.92 Å². The summed E-state index contributed by atoms with van der Waals surface area (Å²) in [6, 6.07) is 0.892. The Labute approximate surface area is 132 Å². The molecule has 0 saturated carbocycles. The average Bonchev–Trinajstić information content (AvgIpc) is 3.15. The summed E-state index contributed by atoms with van der Waals surface area (Å²) >= 11 is 0. The van der Waals surface area contributed by atoms with Crippen molar-refractivity contribution in [3.63, 3.8) is 0 Å². The number of carbonyl (C=O) groups excluding carboxylic acids is 1. The first-order valence-electron chi connectivity index (χ1n) is 7.89. The number of carbonyl (C=O) groups is 1. The van der Waals surface area contributed by atoms with E-state index in [4.69, 9.17) is 4.74 Å². The minimum Gasteiger partial charge on any atom is -0.368 e. The van der Waals surface area contributed by atoms with Crippen LogP contribution in [0.2, 0.25) is 0 Å². The van der Waals surface area contributed by atoms with Crippen LogP contribution < -0.4 is 0 Å². The van der Waals surface area contributed by atoms with Crippen molar-refractivity contribution in [2.24, 2.45) is 5.92 Å². The molecule has 0 spiro atoms. The third-order valence-corrected chi connectivity index (χ3v) is 4.68. The number of rotatable bonds is 2. The van der Waals surface area contributed by atoms with Gasteiger partial charge < -0.3 is 9.64 Å². The van der Waals surface area contributed by atoms with Crippen LogP contribution in [0.3, 0.4) is 0 Å². The Morgan fingerprint density at radius 2 is 2.00 bits per heavy atom. The van der Waals surface area contributed by atoms with E-state index in [-0.39, 0.29) is 24.0 Å². The first-order valence-corrected chi connectivity index (χ1v) is 7.89. The van der Waals surface area contributed by atoms with E-state index in [0.717, 1.165) is 12.5 Å². The highest BCUT2D eigenvalue weighted by Crippen LogP contribution is 2.30. The Kier molecular flexibility index (Phi) is 4.35. The summed E-state index contributed by atoms with van der Waals surface area (Å²) in [5.74, 6) is 0.227. The quantitative estimate of drug-likeness (QED) is 0.836. The van der Waals surface area contributed by atoms with Gasteiger partial charge in [-0.2, -0.15) is 18.3 Å². The van der Waals surface area contributed by atoms with Gasteiger partial charge in [0, 0.05) is 25.9 Å². The fourth-order valence-electron chi connectivity index (χ4n) is 3.23. The third kappa shape index (κ3) is 3.36. The molecule has 8 heteroatoms. The van der Waals surface area contributed by atoms with E-state index in [2.05, 4.69) is 5.10 Å². The monoisotopic (exact) mass is 331 g/mol. The second-order valence-electron chi connectivity index (χ2n) is 6.29. The SMILES string of the molecule is CC1CCOC1C(=O)N1CCC(n2ccc(C(F)(F)F)n2)CC1. The Morgan fingerprint density at radius 3 is 2.52 bits per heavy atom. The molecule has 0 aliphatic carbocycles. The van der Waals surface area contributed by atoms with Gasteiger partial charge in [-0.05, 0) is 31.2 Å². The summed E-state index contributed by atoms with van der Waals surface area (Å²) in [6.45, 7) is 3.67. The van der Waals surface area contributed by atoms with Gasteiger partial charge in [0.2, 0.25) is 0 Å². The average molecular weight is 331 g/mol. The molecule has 2 saturated heterocycles. The number of alkyl halides is 3. The Hall–Kier alpha value is -1.57. The van der Waals surface area contributed by atoms with Gasteiger partial charge in [0.1, 0.15) is 6.10 Å². The zero-order chi connectivity index (χ0) is 16.6. The van der Waals surface area contributed by atoms with Crippen LogP contribution in [-0.2, 0) is 15.7 Å². The molecule has 2 fully saturated rings. The molecule has 0 bridgehead atoms. The minimum atomic E-state index is -4.42. The normalized spacial score (nSPS) is 26.7. The van der Waals surface area contributed by atoms with Crippen molar-refractivity contribution in [3.8, 4) is 0 Å². The lowest BCUT2D eigenvalue weighted by atomic mass is 10.0. The van der Waals surface area contributed by atoms with Gasteiger partial charge >= 0.3 is 6.18 Å². The number of hydrogen-bond donors (Lipinski definition) is 0. The molecule has 23 heavy (non-hydrogen) atoms. The molecule has 2 aliphatic heterocycles.